The Morgan fingerprint density at radius 1 is 1.26 bits per heavy atom. The number of anilines is 1. The Kier molecular flexibility index (Phi) is 4.15. The molecule has 0 bridgehead atoms. The van der Waals surface area contributed by atoms with Crippen molar-refractivity contribution in [3.8, 4) is 23.4 Å². The number of rotatable bonds is 3. The van der Waals surface area contributed by atoms with Gasteiger partial charge in [-0.25, -0.2) is 4.98 Å². The molecule has 92 valence electrons. The van der Waals surface area contributed by atoms with Gasteiger partial charge in [0.2, 0.25) is 0 Å². The van der Waals surface area contributed by atoms with E-state index in [9.17, 15) is 0 Å². The van der Waals surface area contributed by atoms with E-state index in [-0.39, 0.29) is 5.57 Å². The average Bonchev–Trinajstić information content (AvgIpc) is 2.89. The Bertz CT molecular complexity index is 673. The van der Waals surface area contributed by atoms with Crippen LogP contribution in [0.1, 0.15) is 0 Å². The van der Waals surface area contributed by atoms with E-state index in [1.54, 1.807) is 24.3 Å². The molecule has 0 atom stereocenters. The smallest absolute Gasteiger partial charge is 0.187 e. The highest BCUT2D eigenvalue weighted by Crippen LogP contribution is 2.25. The van der Waals surface area contributed by atoms with Gasteiger partial charge in [0.25, 0.3) is 0 Å². The number of benzene rings is 1. The van der Waals surface area contributed by atoms with Gasteiger partial charge >= 0.3 is 0 Å². The van der Waals surface area contributed by atoms with Crippen LogP contribution in [-0.2, 0) is 0 Å². The maximum Gasteiger partial charge on any atom is 0.187 e. The van der Waals surface area contributed by atoms with Gasteiger partial charge in [-0.15, -0.1) is 11.3 Å². The highest BCUT2D eigenvalue weighted by Gasteiger charge is 2.03. The van der Waals surface area contributed by atoms with Gasteiger partial charge in [-0.3, -0.25) is 0 Å². The lowest BCUT2D eigenvalue weighted by Gasteiger charge is -1.96. The van der Waals surface area contributed by atoms with Crippen LogP contribution < -0.4 is 5.32 Å². The predicted molar refractivity (Wildman–Crippen MR) is 75.5 cm³/mol. The summed E-state index contributed by atoms with van der Waals surface area (Å²) in [5.74, 6) is 0. The Hall–Kier alpha value is -2.34. The molecule has 1 N–H and O–H groups in total. The SMILES string of the molecule is N#CC(C#N)=CNc1nc(-c2ccc(Cl)cc2)cs1. The van der Waals surface area contributed by atoms with Gasteiger partial charge in [-0.1, -0.05) is 23.7 Å². The Balaban J connectivity index is 2.16. The van der Waals surface area contributed by atoms with Gasteiger partial charge in [0.1, 0.15) is 17.7 Å². The van der Waals surface area contributed by atoms with E-state index in [4.69, 9.17) is 22.1 Å². The van der Waals surface area contributed by atoms with Gasteiger partial charge in [0.05, 0.1) is 5.69 Å². The third kappa shape index (κ3) is 3.32. The molecule has 0 unspecified atom stereocenters. The first kappa shape index (κ1) is 13.1. The van der Waals surface area contributed by atoms with Crippen molar-refractivity contribution >= 4 is 28.1 Å². The number of allylic oxidation sites excluding steroid dienone is 1. The second kappa shape index (κ2) is 6.01. The largest absolute Gasteiger partial charge is 0.336 e. The zero-order valence-corrected chi connectivity index (χ0v) is 11.2. The van der Waals surface area contributed by atoms with Crippen molar-refractivity contribution in [3.05, 3.63) is 46.4 Å². The molecule has 19 heavy (non-hydrogen) atoms. The zero-order valence-electron chi connectivity index (χ0n) is 9.59. The van der Waals surface area contributed by atoms with Crippen molar-refractivity contribution in [2.24, 2.45) is 0 Å². The molecule has 0 fully saturated rings. The third-order valence-electron chi connectivity index (χ3n) is 2.23. The number of nitriles is 2. The van der Waals surface area contributed by atoms with Crippen LogP contribution in [-0.4, -0.2) is 4.98 Å². The molecule has 1 heterocycles. The first-order valence-corrected chi connectivity index (χ1v) is 6.47. The maximum absolute atomic E-state index is 8.60. The minimum atomic E-state index is 0.00300. The molecule has 4 nitrogen and oxygen atoms in total. The van der Waals surface area contributed by atoms with E-state index in [2.05, 4.69) is 10.3 Å². The normalized spacial score (nSPS) is 9.21. The fraction of sp³-hybridized carbons (Fsp3) is 0. The minimum Gasteiger partial charge on any atom is -0.336 e. The molecule has 0 saturated heterocycles. The summed E-state index contributed by atoms with van der Waals surface area (Å²) in [6, 6.07) is 10.9. The Morgan fingerprint density at radius 3 is 2.58 bits per heavy atom. The first-order valence-electron chi connectivity index (χ1n) is 5.21. The van der Waals surface area contributed by atoms with E-state index in [1.165, 1.54) is 17.5 Å². The van der Waals surface area contributed by atoms with Crippen LogP contribution >= 0.6 is 22.9 Å². The topological polar surface area (TPSA) is 72.5 Å². The van der Waals surface area contributed by atoms with E-state index >= 15 is 0 Å². The second-order valence-electron chi connectivity index (χ2n) is 3.47. The van der Waals surface area contributed by atoms with Gasteiger partial charge in [0, 0.05) is 22.2 Å². The number of nitrogens with zero attached hydrogens (tertiary/aromatic N) is 3. The van der Waals surface area contributed by atoms with Crippen molar-refractivity contribution in [2.75, 3.05) is 5.32 Å². The standard InChI is InChI=1S/C13H7ClN4S/c14-11-3-1-10(2-4-11)12-8-19-13(18-12)17-7-9(5-15)6-16/h1-4,7-8H,(H,17,18). The fourth-order valence-electron chi connectivity index (χ4n) is 1.32. The quantitative estimate of drug-likeness (QED) is 0.871. The van der Waals surface area contributed by atoms with E-state index in [1.807, 2.05) is 17.5 Å². The van der Waals surface area contributed by atoms with Crippen molar-refractivity contribution in [1.82, 2.24) is 4.98 Å². The van der Waals surface area contributed by atoms with Crippen LogP contribution in [0.15, 0.2) is 41.4 Å². The summed E-state index contributed by atoms with van der Waals surface area (Å²) in [4.78, 5) is 4.35. The molecule has 1 aromatic carbocycles. The number of thiazole rings is 1. The average molecular weight is 287 g/mol. The van der Waals surface area contributed by atoms with Crippen LogP contribution in [0.4, 0.5) is 5.13 Å². The zero-order chi connectivity index (χ0) is 13.7. The molecule has 0 aliphatic heterocycles. The summed E-state index contributed by atoms with van der Waals surface area (Å²) in [6.07, 6.45) is 1.34. The van der Waals surface area contributed by atoms with Gasteiger partial charge in [-0.2, -0.15) is 10.5 Å². The van der Waals surface area contributed by atoms with Crippen molar-refractivity contribution in [3.63, 3.8) is 0 Å². The highest BCUT2D eigenvalue weighted by atomic mass is 35.5. The first-order chi connectivity index (χ1) is 9.22. The summed E-state index contributed by atoms with van der Waals surface area (Å²) in [5, 5.41) is 23.2. The predicted octanol–water partition coefficient (Wildman–Crippen LogP) is 3.81. The van der Waals surface area contributed by atoms with Crippen molar-refractivity contribution in [1.29, 1.82) is 10.5 Å². The number of nitrogens with one attached hydrogen (secondary N) is 1. The number of hydrogen-bond donors (Lipinski definition) is 1. The molecule has 0 aliphatic carbocycles. The summed E-state index contributed by atoms with van der Waals surface area (Å²) < 4.78 is 0. The Morgan fingerprint density at radius 2 is 1.95 bits per heavy atom. The maximum atomic E-state index is 8.60. The summed E-state index contributed by atoms with van der Waals surface area (Å²) in [6.45, 7) is 0. The number of hydrogen-bond acceptors (Lipinski definition) is 5. The molecule has 0 saturated carbocycles. The Labute approximate surface area is 119 Å². The van der Waals surface area contributed by atoms with Crippen molar-refractivity contribution < 1.29 is 0 Å². The second-order valence-corrected chi connectivity index (χ2v) is 4.77. The van der Waals surface area contributed by atoms with Crippen molar-refractivity contribution in [2.45, 2.75) is 0 Å². The molecule has 2 aromatic rings. The molecule has 1 aromatic heterocycles. The van der Waals surface area contributed by atoms with E-state index < -0.39 is 0 Å². The minimum absolute atomic E-state index is 0.00300. The number of aromatic nitrogens is 1. The van der Waals surface area contributed by atoms with Crippen LogP contribution in [0.2, 0.25) is 5.02 Å². The molecule has 0 aliphatic rings. The number of halogens is 1. The van der Waals surface area contributed by atoms with Crippen LogP contribution in [0.3, 0.4) is 0 Å². The van der Waals surface area contributed by atoms with Crippen LogP contribution in [0, 0.1) is 22.7 Å². The molecule has 6 heteroatoms. The monoisotopic (exact) mass is 286 g/mol. The molecular formula is C13H7ClN4S. The lowest BCUT2D eigenvalue weighted by atomic mass is 10.2. The lowest BCUT2D eigenvalue weighted by molar-refractivity contribution is 1.37. The lowest BCUT2D eigenvalue weighted by Crippen LogP contribution is -1.89. The fourth-order valence-corrected chi connectivity index (χ4v) is 2.13. The van der Waals surface area contributed by atoms with E-state index in [0.29, 0.717) is 10.2 Å². The van der Waals surface area contributed by atoms with Crippen LogP contribution in [0.5, 0.6) is 0 Å². The van der Waals surface area contributed by atoms with Crippen LogP contribution in [0.25, 0.3) is 11.3 Å². The van der Waals surface area contributed by atoms with Gasteiger partial charge in [-0.05, 0) is 12.1 Å². The highest BCUT2D eigenvalue weighted by molar-refractivity contribution is 7.14. The summed E-state index contributed by atoms with van der Waals surface area (Å²) >= 11 is 7.21. The summed E-state index contributed by atoms with van der Waals surface area (Å²) in [5.41, 5.74) is 1.77. The molecular weight excluding hydrogens is 280 g/mol. The molecule has 0 amide bonds. The molecule has 2 rings (SSSR count). The summed E-state index contributed by atoms with van der Waals surface area (Å²) in [7, 11) is 0. The molecule has 0 radical (unpaired) electrons. The van der Waals surface area contributed by atoms with Gasteiger partial charge in [0.15, 0.2) is 5.13 Å². The van der Waals surface area contributed by atoms with Gasteiger partial charge < -0.3 is 5.32 Å². The molecule has 0 spiro atoms. The third-order valence-corrected chi connectivity index (χ3v) is 3.25. The van der Waals surface area contributed by atoms with E-state index in [0.717, 1.165) is 11.3 Å².